The van der Waals surface area contributed by atoms with Gasteiger partial charge in [0.15, 0.2) is 0 Å². The summed E-state index contributed by atoms with van der Waals surface area (Å²) in [5, 5.41) is 12.5. The minimum absolute atomic E-state index is 0.0788. The SMILES string of the molecule is CCc1cc(NC(=O)N2CCOC[C@@H]2C[C@@H](C)O)ccc1C. The fraction of sp³-hybridized carbons (Fsp3) is 0.588. The molecule has 1 aliphatic heterocycles. The zero-order valence-electron chi connectivity index (χ0n) is 13.6. The normalized spacial score (nSPS) is 19.8. The van der Waals surface area contributed by atoms with Crippen LogP contribution in [0.25, 0.3) is 0 Å². The molecule has 5 nitrogen and oxygen atoms in total. The predicted molar refractivity (Wildman–Crippen MR) is 87.2 cm³/mol. The number of benzene rings is 1. The maximum atomic E-state index is 12.5. The predicted octanol–water partition coefficient (Wildman–Crippen LogP) is 2.56. The average molecular weight is 306 g/mol. The van der Waals surface area contributed by atoms with Crippen LogP contribution in [0.4, 0.5) is 10.5 Å². The van der Waals surface area contributed by atoms with Crippen molar-refractivity contribution >= 4 is 11.7 Å². The molecular weight excluding hydrogens is 280 g/mol. The van der Waals surface area contributed by atoms with Crippen LogP contribution in [0, 0.1) is 6.92 Å². The molecule has 2 atom stereocenters. The van der Waals surface area contributed by atoms with Crippen molar-refractivity contribution in [3.63, 3.8) is 0 Å². The van der Waals surface area contributed by atoms with Gasteiger partial charge < -0.3 is 20.1 Å². The molecule has 1 aromatic rings. The largest absolute Gasteiger partial charge is 0.393 e. The third kappa shape index (κ3) is 4.21. The van der Waals surface area contributed by atoms with Crippen molar-refractivity contribution in [2.45, 2.75) is 45.8 Å². The van der Waals surface area contributed by atoms with Crippen LogP contribution < -0.4 is 5.32 Å². The highest BCUT2D eigenvalue weighted by atomic mass is 16.5. The molecule has 1 aromatic carbocycles. The van der Waals surface area contributed by atoms with Crippen LogP contribution >= 0.6 is 0 Å². The Morgan fingerprint density at radius 1 is 1.55 bits per heavy atom. The third-order valence-corrected chi connectivity index (χ3v) is 4.08. The monoisotopic (exact) mass is 306 g/mol. The molecule has 1 heterocycles. The number of aliphatic hydroxyl groups excluding tert-OH is 1. The maximum Gasteiger partial charge on any atom is 0.322 e. The number of morpholine rings is 1. The highest BCUT2D eigenvalue weighted by Crippen LogP contribution is 2.18. The quantitative estimate of drug-likeness (QED) is 0.898. The van der Waals surface area contributed by atoms with Crippen LogP contribution in [0.5, 0.6) is 0 Å². The Labute approximate surface area is 132 Å². The lowest BCUT2D eigenvalue weighted by Gasteiger charge is -2.36. The van der Waals surface area contributed by atoms with Crippen molar-refractivity contribution in [1.82, 2.24) is 4.90 Å². The van der Waals surface area contributed by atoms with Crippen LogP contribution in [0.1, 0.15) is 31.4 Å². The van der Waals surface area contributed by atoms with Gasteiger partial charge in [-0.15, -0.1) is 0 Å². The molecule has 22 heavy (non-hydrogen) atoms. The van der Waals surface area contributed by atoms with E-state index < -0.39 is 6.10 Å². The number of urea groups is 1. The molecule has 122 valence electrons. The summed E-state index contributed by atoms with van der Waals surface area (Å²) in [7, 11) is 0. The topological polar surface area (TPSA) is 61.8 Å². The molecule has 0 spiro atoms. The Morgan fingerprint density at radius 2 is 2.32 bits per heavy atom. The highest BCUT2D eigenvalue weighted by molar-refractivity contribution is 5.89. The van der Waals surface area contributed by atoms with Gasteiger partial charge >= 0.3 is 6.03 Å². The lowest BCUT2D eigenvalue weighted by molar-refractivity contribution is -0.00160. The van der Waals surface area contributed by atoms with Gasteiger partial charge in [0.2, 0.25) is 0 Å². The Balaban J connectivity index is 2.06. The molecule has 1 fully saturated rings. The van der Waals surface area contributed by atoms with E-state index in [1.165, 1.54) is 11.1 Å². The van der Waals surface area contributed by atoms with E-state index in [2.05, 4.69) is 19.2 Å². The molecule has 0 unspecified atom stereocenters. The lowest BCUT2D eigenvalue weighted by atomic mass is 10.1. The van der Waals surface area contributed by atoms with Crippen molar-refractivity contribution in [3.05, 3.63) is 29.3 Å². The number of aliphatic hydroxyl groups is 1. The van der Waals surface area contributed by atoms with Crippen LogP contribution in [-0.4, -0.2) is 47.9 Å². The van der Waals surface area contributed by atoms with Crippen molar-refractivity contribution < 1.29 is 14.6 Å². The second kappa shape index (κ2) is 7.61. The number of rotatable bonds is 4. The molecule has 0 radical (unpaired) electrons. The smallest absolute Gasteiger partial charge is 0.322 e. The first-order valence-corrected chi connectivity index (χ1v) is 7.94. The number of amides is 2. The number of carbonyl (C=O) groups excluding carboxylic acids is 1. The van der Waals surface area contributed by atoms with Crippen LogP contribution in [0.3, 0.4) is 0 Å². The fourth-order valence-corrected chi connectivity index (χ4v) is 2.84. The van der Waals surface area contributed by atoms with Gasteiger partial charge in [0.05, 0.1) is 25.4 Å². The average Bonchev–Trinajstić information content (AvgIpc) is 2.49. The minimum atomic E-state index is -0.451. The van der Waals surface area contributed by atoms with Crippen LogP contribution in [0.15, 0.2) is 18.2 Å². The fourth-order valence-electron chi connectivity index (χ4n) is 2.84. The molecular formula is C17H26N2O3. The number of aryl methyl sites for hydroxylation is 2. The molecule has 1 saturated heterocycles. The first-order chi connectivity index (χ1) is 10.5. The summed E-state index contributed by atoms with van der Waals surface area (Å²) in [6, 6.07) is 5.78. The number of ether oxygens (including phenoxy) is 1. The van der Waals surface area contributed by atoms with Gasteiger partial charge in [0.1, 0.15) is 0 Å². The molecule has 0 bridgehead atoms. The summed E-state index contributed by atoms with van der Waals surface area (Å²) < 4.78 is 5.43. The zero-order chi connectivity index (χ0) is 16.1. The number of nitrogens with zero attached hydrogens (tertiary/aromatic N) is 1. The second-order valence-electron chi connectivity index (χ2n) is 5.93. The summed E-state index contributed by atoms with van der Waals surface area (Å²) in [6.45, 7) is 7.48. The van der Waals surface area contributed by atoms with Gasteiger partial charge in [-0.25, -0.2) is 4.79 Å². The van der Waals surface area contributed by atoms with E-state index in [0.717, 1.165) is 12.1 Å². The van der Waals surface area contributed by atoms with Crippen molar-refractivity contribution in [2.24, 2.45) is 0 Å². The summed E-state index contributed by atoms with van der Waals surface area (Å²) in [5.41, 5.74) is 3.29. The van der Waals surface area contributed by atoms with Gasteiger partial charge in [-0.3, -0.25) is 0 Å². The number of nitrogens with one attached hydrogen (secondary N) is 1. The highest BCUT2D eigenvalue weighted by Gasteiger charge is 2.28. The Bertz CT molecular complexity index is 517. The Morgan fingerprint density at radius 3 is 3.00 bits per heavy atom. The molecule has 0 aromatic heterocycles. The van der Waals surface area contributed by atoms with Crippen LogP contribution in [0.2, 0.25) is 0 Å². The zero-order valence-corrected chi connectivity index (χ0v) is 13.6. The summed E-state index contributed by atoms with van der Waals surface area (Å²) in [6.07, 6.45) is 1.02. The van der Waals surface area contributed by atoms with E-state index in [1.807, 2.05) is 18.2 Å². The molecule has 2 N–H and O–H groups in total. The van der Waals surface area contributed by atoms with E-state index >= 15 is 0 Å². The van der Waals surface area contributed by atoms with E-state index in [4.69, 9.17) is 4.74 Å². The molecule has 1 aliphatic rings. The first kappa shape index (κ1) is 16.8. The third-order valence-electron chi connectivity index (χ3n) is 4.08. The molecule has 0 saturated carbocycles. The Hall–Kier alpha value is -1.59. The van der Waals surface area contributed by atoms with Crippen LogP contribution in [-0.2, 0) is 11.2 Å². The van der Waals surface area contributed by atoms with E-state index in [-0.39, 0.29) is 12.1 Å². The van der Waals surface area contributed by atoms with E-state index in [9.17, 15) is 9.90 Å². The van der Waals surface area contributed by atoms with Gasteiger partial charge in [-0.05, 0) is 49.9 Å². The minimum Gasteiger partial charge on any atom is -0.393 e. The maximum absolute atomic E-state index is 12.5. The standard InChI is InChI=1S/C17H26N2O3/c1-4-14-10-15(6-5-12(14)2)18-17(21)19-7-8-22-11-16(19)9-13(3)20/h5-6,10,13,16,20H,4,7-9,11H2,1-3H3,(H,18,21)/t13-,16+/m1/s1. The summed E-state index contributed by atoms with van der Waals surface area (Å²) in [5.74, 6) is 0. The van der Waals surface area contributed by atoms with Gasteiger partial charge in [-0.1, -0.05) is 13.0 Å². The molecule has 5 heteroatoms. The van der Waals surface area contributed by atoms with Crippen molar-refractivity contribution in [1.29, 1.82) is 0 Å². The van der Waals surface area contributed by atoms with Gasteiger partial charge in [-0.2, -0.15) is 0 Å². The number of anilines is 1. The van der Waals surface area contributed by atoms with Crippen molar-refractivity contribution in [3.8, 4) is 0 Å². The Kier molecular flexibility index (Phi) is 5.80. The lowest BCUT2D eigenvalue weighted by Crippen LogP contribution is -2.51. The number of hydrogen-bond donors (Lipinski definition) is 2. The summed E-state index contributed by atoms with van der Waals surface area (Å²) >= 11 is 0. The van der Waals surface area contributed by atoms with E-state index in [0.29, 0.717) is 26.2 Å². The van der Waals surface area contributed by atoms with E-state index in [1.54, 1.807) is 11.8 Å². The second-order valence-corrected chi connectivity index (χ2v) is 5.93. The van der Waals surface area contributed by atoms with Gasteiger partial charge in [0.25, 0.3) is 0 Å². The number of hydrogen-bond acceptors (Lipinski definition) is 3. The molecule has 2 amide bonds. The van der Waals surface area contributed by atoms with Crippen molar-refractivity contribution in [2.75, 3.05) is 25.1 Å². The first-order valence-electron chi connectivity index (χ1n) is 7.94. The van der Waals surface area contributed by atoms with Gasteiger partial charge in [0, 0.05) is 12.2 Å². The molecule has 0 aliphatic carbocycles. The number of carbonyl (C=O) groups is 1. The summed E-state index contributed by atoms with van der Waals surface area (Å²) in [4.78, 5) is 14.3. The molecule has 2 rings (SSSR count).